The Hall–Kier alpha value is -1.26. The molecule has 1 saturated carbocycles. The van der Waals surface area contributed by atoms with Crippen molar-refractivity contribution in [3.05, 3.63) is 23.8 Å². The highest BCUT2D eigenvalue weighted by molar-refractivity contribution is 5.40. The molecular weight excluding hydrogens is 228 g/mol. The van der Waals surface area contributed by atoms with E-state index >= 15 is 0 Å². The zero-order valence-corrected chi connectivity index (χ0v) is 11.2. The van der Waals surface area contributed by atoms with Crippen LogP contribution < -0.4 is 20.5 Å². The van der Waals surface area contributed by atoms with E-state index in [0.717, 1.165) is 43.9 Å². The average Bonchev–Trinajstić information content (AvgIpc) is 3.13. The van der Waals surface area contributed by atoms with Crippen LogP contribution >= 0.6 is 0 Å². The van der Waals surface area contributed by atoms with Gasteiger partial charge in [0.05, 0.1) is 14.2 Å². The van der Waals surface area contributed by atoms with Gasteiger partial charge in [0.25, 0.3) is 0 Å². The molecule has 3 N–H and O–H groups in total. The second kappa shape index (κ2) is 5.59. The number of ether oxygens (including phenoxy) is 2. The van der Waals surface area contributed by atoms with Crippen molar-refractivity contribution in [2.75, 3.05) is 27.3 Å². The van der Waals surface area contributed by atoms with Crippen molar-refractivity contribution in [3.8, 4) is 11.5 Å². The maximum absolute atomic E-state index is 6.02. The van der Waals surface area contributed by atoms with Gasteiger partial charge in [-0.25, -0.2) is 0 Å². The maximum atomic E-state index is 6.02. The minimum atomic E-state index is 0.0734. The van der Waals surface area contributed by atoms with Crippen LogP contribution in [-0.2, 0) is 6.42 Å². The number of benzene rings is 1. The average molecular weight is 250 g/mol. The van der Waals surface area contributed by atoms with Gasteiger partial charge in [-0.3, -0.25) is 0 Å². The van der Waals surface area contributed by atoms with Gasteiger partial charge in [0.15, 0.2) is 0 Å². The fraction of sp³-hybridized carbons (Fsp3) is 0.571. The minimum Gasteiger partial charge on any atom is -0.497 e. The van der Waals surface area contributed by atoms with Crippen molar-refractivity contribution in [2.24, 2.45) is 5.73 Å². The summed E-state index contributed by atoms with van der Waals surface area (Å²) < 4.78 is 10.5. The van der Waals surface area contributed by atoms with Crippen LogP contribution in [0.2, 0.25) is 0 Å². The molecule has 0 atom stereocenters. The predicted octanol–water partition coefficient (Wildman–Crippen LogP) is 1.33. The Bertz CT molecular complexity index is 403. The van der Waals surface area contributed by atoms with Gasteiger partial charge in [-0.1, -0.05) is 6.07 Å². The summed E-state index contributed by atoms with van der Waals surface area (Å²) in [6.45, 7) is 1.83. The molecule has 0 aliphatic heterocycles. The highest BCUT2D eigenvalue weighted by Crippen LogP contribution is 2.31. The fourth-order valence-electron chi connectivity index (χ4n) is 1.96. The van der Waals surface area contributed by atoms with Crippen molar-refractivity contribution in [2.45, 2.75) is 24.8 Å². The molecule has 0 unspecified atom stereocenters. The van der Waals surface area contributed by atoms with Gasteiger partial charge < -0.3 is 20.5 Å². The van der Waals surface area contributed by atoms with E-state index in [9.17, 15) is 0 Å². The third kappa shape index (κ3) is 3.37. The maximum Gasteiger partial charge on any atom is 0.125 e. The smallest absolute Gasteiger partial charge is 0.125 e. The highest BCUT2D eigenvalue weighted by Gasteiger charge is 2.37. The van der Waals surface area contributed by atoms with E-state index in [0.29, 0.717) is 0 Å². The Morgan fingerprint density at radius 1 is 1.28 bits per heavy atom. The van der Waals surface area contributed by atoms with Crippen LogP contribution in [0, 0.1) is 0 Å². The minimum absolute atomic E-state index is 0.0734. The molecule has 0 aromatic heterocycles. The Kier molecular flexibility index (Phi) is 4.09. The van der Waals surface area contributed by atoms with E-state index in [1.54, 1.807) is 14.2 Å². The molecule has 0 bridgehead atoms. The Balaban J connectivity index is 1.84. The van der Waals surface area contributed by atoms with Crippen molar-refractivity contribution >= 4 is 0 Å². The number of hydrogen-bond acceptors (Lipinski definition) is 4. The third-order valence-corrected chi connectivity index (χ3v) is 3.43. The van der Waals surface area contributed by atoms with Crippen LogP contribution in [0.5, 0.6) is 11.5 Å². The summed E-state index contributed by atoms with van der Waals surface area (Å²) in [7, 11) is 3.34. The molecule has 1 fully saturated rings. The summed E-state index contributed by atoms with van der Waals surface area (Å²) >= 11 is 0. The highest BCUT2D eigenvalue weighted by atomic mass is 16.5. The molecule has 100 valence electrons. The summed E-state index contributed by atoms with van der Waals surface area (Å²) in [4.78, 5) is 0. The lowest BCUT2D eigenvalue weighted by atomic mass is 10.1. The lowest BCUT2D eigenvalue weighted by molar-refractivity contribution is 0.390. The van der Waals surface area contributed by atoms with Gasteiger partial charge >= 0.3 is 0 Å². The summed E-state index contributed by atoms with van der Waals surface area (Å²) in [5.74, 6) is 1.70. The van der Waals surface area contributed by atoms with E-state index < -0.39 is 0 Å². The van der Waals surface area contributed by atoms with Gasteiger partial charge in [0.1, 0.15) is 11.5 Å². The van der Waals surface area contributed by atoms with Crippen LogP contribution in [0.1, 0.15) is 18.4 Å². The molecule has 0 spiro atoms. The fourth-order valence-corrected chi connectivity index (χ4v) is 1.96. The van der Waals surface area contributed by atoms with Crippen LogP contribution in [0.3, 0.4) is 0 Å². The zero-order chi connectivity index (χ0) is 13.0. The summed E-state index contributed by atoms with van der Waals surface area (Å²) in [5.41, 5.74) is 7.28. The van der Waals surface area contributed by atoms with Crippen molar-refractivity contribution < 1.29 is 9.47 Å². The molecule has 0 radical (unpaired) electrons. The van der Waals surface area contributed by atoms with E-state index in [1.165, 1.54) is 5.56 Å². The zero-order valence-electron chi connectivity index (χ0n) is 11.2. The normalized spacial score (nSPS) is 16.4. The molecule has 2 rings (SSSR count). The predicted molar refractivity (Wildman–Crippen MR) is 72.3 cm³/mol. The second-order valence-corrected chi connectivity index (χ2v) is 4.97. The number of methoxy groups -OCH3 is 2. The first kappa shape index (κ1) is 13.2. The van der Waals surface area contributed by atoms with Crippen LogP contribution in [0.4, 0.5) is 0 Å². The van der Waals surface area contributed by atoms with Gasteiger partial charge in [-0.15, -0.1) is 0 Å². The van der Waals surface area contributed by atoms with Crippen molar-refractivity contribution in [3.63, 3.8) is 0 Å². The first-order valence-electron chi connectivity index (χ1n) is 6.37. The molecule has 1 aliphatic rings. The van der Waals surface area contributed by atoms with Gasteiger partial charge in [0, 0.05) is 18.2 Å². The number of hydrogen-bond donors (Lipinski definition) is 2. The largest absolute Gasteiger partial charge is 0.497 e. The van der Waals surface area contributed by atoms with Gasteiger partial charge in [-0.2, -0.15) is 0 Å². The molecular formula is C14H22N2O2. The van der Waals surface area contributed by atoms with E-state index in [1.807, 2.05) is 12.1 Å². The Morgan fingerprint density at radius 3 is 2.67 bits per heavy atom. The molecule has 4 nitrogen and oxygen atoms in total. The summed E-state index contributed by atoms with van der Waals surface area (Å²) in [6.07, 6.45) is 3.22. The molecule has 1 aromatic rings. The van der Waals surface area contributed by atoms with Crippen LogP contribution in [0.25, 0.3) is 0 Å². The standard InChI is InChI=1S/C14H22N2O2/c1-17-12-4-3-11(13(9-12)18-2)5-8-16-10-14(15)6-7-14/h3-4,9,16H,5-8,10,15H2,1-2H3. The quantitative estimate of drug-likeness (QED) is 0.717. The van der Waals surface area contributed by atoms with Crippen LogP contribution in [0.15, 0.2) is 18.2 Å². The van der Waals surface area contributed by atoms with E-state index in [2.05, 4.69) is 11.4 Å². The molecule has 1 aromatic carbocycles. The molecule has 1 aliphatic carbocycles. The lowest BCUT2D eigenvalue weighted by Crippen LogP contribution is -2.36. The molecule has 18 heavy (non-hydrogen) atoms. The van der Waals surface area contributed by atoms with Crippen molar-refractivity contribution in [1.82, 2.24) is 5.32 Å². The molecule has 0 heterocycles. The molecule has 0 amide bonds. The lowest BCUT2D eigenvalue weighted by Gasteiger charge is -2.12. The first-order valence-corrected chi connectivity index (χ1v) is 6.37. The summed E-state index contributed by atoms with van der Waals surface area (Å²) in [6, 6.07) is 5.93. The Labute approximate surface area is 108 Å². The molecule has 0 saturated heterocycles. The Morgan fingerprint density at radius 2 is 2.06 bits per heavy atom. The second-order valence-electron chi connectivity index (χ2n) is 4.97. The number of nitrogens with one attached hydrogen (secondary N) is 1. The topological polar surface area (TPSA) is 56.5 Å². The van der Waals surface area contributed by atoms with E-state index in [-0.39, 0.29) is 5.54 Å². The SMILES string of the molecule is COc1ccc(CCNCC2(N)CC2)c(OC)c1. The summed E-state index contributed by atoms with van der Waals surface area (Å²) in [5, 5.41) is 3.40. The monoisotopic (exact) mass is 250 g/mol. The number of rotatable bonds is 7. The molecule has 4 heteroatoms. The first-order chi connectivity index (χ1) is 8.67. The van der Waals surface area contributed by atoms with Crippen LogP contribution in [-0.4, -0.2) is 32.8 Å². The van der Waals surface area contributed by atoms with Crippen molar-refractivity contribution in [1.29, 1.82) is 0 Å². The third-order valence-electron chi connectivity index (χ3n) is 3.43. The van der Waals surface area contributed by atoms with Gasteiger partial charge in [0.2, 0.25) is 0 Å². The number of nitrogens with two attached hydrogens (primary N) is 1. The van der Waals surface area contributed by atoms with E-state index in [4.69, 9.17) is 15.2 Å². The van der Waals surface area contributed by atoms with Gasteiger partial charge in [-0.05, 0) is 37.4 Å².